The Morgan fingerprint density at radius 3 is 2.89 bits per heavy atom. The zero-order chi connectivity index (χ0) is 13.2. The Kier molecular flexibility index (Phi) is 4.10. The van der Waals surface area contributed by atoms with Gasteiger partial charge in [0.05, 0.1) is 11.6 Å². The predicted octanol–water partition coefficient (Wildman–Crippen LogP) is 2.09. The second-order valence-corrected chi connectivity index (χ2v) is 5.43. The molecule has 0 aromatic carbocycles. The first-order valence-electron chi connectivity index (χ1n) is 6.63. The Labute approximate surface area is 109 Å². The normalized spacial score (nSPS) is 27.3. The van der Waals surface area contributed by atoms with E-state index in [1.54, 1.807) is 7.11 Å². The molecule has 0 bridgehead atoms. The number of hydrogen-bond donors (Lipinski definition) is 1. The first-order valence-corrected chi connectivity index (χ1v) is 6.63. The van der Waals surface area contributed by atoms with E-state index in [0.29, 0.717) is 6.54 Å². The molecule has 1 fully saturated rings. The number of nitrogens with two attached hydrogens (primary N) is 1. The van der Waals surface area contributed by atoms with Crippen molar-refractivity contribution in [2.75, 3.05) is 26.7 Å². The van der Waals surface area contributed by atoms with Crippen molar-refractivity contribution in [3.8, 4) is 0 Å². The highest BCUT2D eigenvalue weighted by Crippen LogP contribution is 2.30. The number of piperidine rings is 1. The van der Waals surface area contributed by atoms with Crippen LogP contribution in [0.1, 0.15) is 37.3 Å². The first kappa shape index (κ1) is 13.6. The summed E-state index contributed by atoms with van der Waals surface area (Å²) in [7, 11) is 1.79. The van der Waals surface area contributed by atoms with Gasteiger partial charge in [0.1, 0.15) is 11.5 Å². The average Bonchev–Trinajstić information content (AvgIpc) is 2.77. The van der Waals surface area contributed by atoms with E-state index in [1.807, 2.05) is 19.1 Å². The molecule has 4 heteroatoms. The van der Waals surface area contributed by atoms with Gasteiger partial charge in [-0.25, -0.2) is 0 Å². The highest BCUT2D eigenvalue weighted by molar-refractivity contribution is 5.11. The maximum Gasteiger partial charge on any atom is 0.122 e. The molecule has 2 atom stereocenters. The van der Waals surface area contributed by atoms with E-state index in [-0.39, 0.29) is 11.6 Å². The molecule has 1 aromatic rings. The highest BCUT2D eigenvalue weighted by Gasteiger charge is 2.34. The summed E-state index contributed by atoms with van der Waals surface area (Å²) in [5.74, 6) is 1.91. The van der Waals surface area contributed by atoms with Gasteiger partial charge in [-0.05, 0) is 45.4 Å². The number of likely N-dealkylation sites (tertiary alicyclic amines) is 1. The van der Waals surface area contributed by atoms with Crippen LogP contribution in [0.3, 0.4) is 0 Å². The third-order valence-electron chi connectivity index (χ3n) is 3.93. The molecule has 1 aromatic heterocycles. The molecule has 18 heavy (non-hydrogen) atoms. The van der Waals surface area contributed by atoms with Gasteiger partial charge >= 0.3 is 0 Å². The Hall–Kier alpha value is -0.840. The second-order valence-electron chi connectivity index (χ2n) is 5.43. The number of aryl methyl sites for hydroxylation is 1. The van der Waals surface area contributed by atoms with Gasteiger partial charge in [0.15, 0.2) is 0 Å². The van der Waals surface area contributed by atoms with Gasteiger partial charge in [0, 0.05) is 20.2 Å². The molecular weight excluding hydrogens is 228 g/mol. The van der Waals surface area contributed by atoms with E-state index in [2.05, 4.69) is 11.8 Å². The minimum atomic E-state index is -0.0622. The molecule has 0 amide bonds. The van der Waals surface area contributed by atoms with Crippen LogP contribution in [0, 0.1) is 6.92 Å². The van der Waals surface area contributed by atoms with Gasteiger partial charge in [-0.1, -0.05) is 0 Å². The first-order chi connectivity index (χ1) is 8.58. The van der Waals surface area contributed by atoms with E-state index in [1.165, 1.54) is 0 Å². The van der Waals surface area contributed by atoms with E-state index in [4.69, 9.17) is 14.9 Å². The van der Waals surface area contributed by atoms with Crippen LogP contribution in [-0.4, -0.2) is 37.2 Å². The average molecular weight is 252 g/mol. The van der Waals surface area contributed by atoms with Crippen LogP contribution in [0.5, 0.6) is 0 Å². The largest absolute Gasteiger partial charge is 0.465 e. The third-order valence-corrected chi connectivity index (χ3v) is 3.93. The van der Waals surface area contributed by atoms with Crippen molar-refractivity contribution in [2.24, 2.45) is 5.73 Å². The Bertz CT molecular complexity index is 391. The van der Waals surface area contributed by atoms with Crippen molar-refractivity contribution in [1.82, 2.24) is 4.90 Å². The molecule has 0 spiro atoms. The quantitative estimate of drug-likeness (QED) is 0.891. The smallest absolute Gasteiger partial charge is 0.122 e. The molecule has 1 saturated heterocycles. The summed E-state index contributed by atoms with van der Waals surface area (Å²) in [6.07, 6.45) is 2.25. The molecule has 0 saturated carbocycles. The number of hydrogen-bond acceptors (Lipinski definition) is 4. The van der Waals surface area contributed by atoms with Gasteiger partial charge in [0.2, 0.25) is 0 Å². The molecule has 2 unspecified atom stereocenters. The maximum absolute atomic E-state index is 5.93. The minimum Gasteiger partial charge on any atom is -0.465 e. The van der Waals surface area contributed by atoms with Crippen molar-refractivity contribution < 1.29 is 9.15 Å². The maximum atomic E-state index is 5.93. The summed E-state index contributed by atoms with van der Waals surface area (Å²) >= 11 is 0. The van der Waals surface area contributed by atoms with E-state index in [0.717, 1.165) is 37.5 Å². The predicted molar refractivity (Wildman–Crippen MR) is 71.5 cm³/mol. The zero-order valence-electron chi connectivity index (χ0n) is 11.6. The molecule has 2 heterocycles. The van der Waals surface area contributed by atoms with E-state index in [9.17, 15) is 0 Å². The lowest BCUT2D eigenvalue weighted by molar-refractivity contribution is -0.0627. The summed E-state index contributed by atoms with van der Waals surface area (Å²) in [6.45, 7) is 6.67. The standard InChI is InChI=1S/C14H24N2O2/c1-11-5-6-13(18-11)12(9-15)16-8-4-7-14(2,10-16)17-3/h5-6,12H,4,7-10,15H2,1-3H3. The van der Waals surface area contributed by atoms with Crippen LogP contribution >= 0.6 is 0 Å². The van der Waals surface area contributed by atoms with Gasteiger partial charge in [-0.3, -0.25) is 4.90 Å². The fraction of sp³-hybridized carbons (Fsp3) is 0.714. The summed E-state index contributed by atoms with van der Waals surface area (Å²) in [5, 5.41) is 0. The lowest BCUT2D eigenvalue weighted by atomic mass is 9.93. The van der Waals surface area contributed by atoms with Crippen molar-refractivity contribution in [2.45, 2.75) is 38.3 Å². The van der Waals surface area contributed by atoms with E-state index >= 15 is 0 Å². The summed E-state index contributed by atoms with van der Waals surface area (Å²) in [6, 6.07) is 4.19. The molecule has 2 N–H and O–H groups in total. The van der Waals surface area contributed by atoms with Crippen LogP contribution in [0.15, 0.2) is 16.5 Å². The van der Waals surface area contributed by atoms with Crippen LogP contribution < -0.4 is 5.73 Å². The number of nitrogens with zero attached hydrogens (tertiary/aromatic N) is 1. The van der Waals surface area contributed by atoms with Gasteiger partial charge in [0.25, 0.3) is 0 Å². The molecule has 102 valence electrons. The molecule has 0 aliphatic carbocycles. The summed E-state index contributed by atoms with van der Waals surface area (Å²) < 4.78 is 11.4. The Morgan fingerprint density at radius 2 is 2.33 bits per heavy atom. The molecule has 0 radical (unpaired) electrons. The summed E-state index contributed by atoms with van der Waals surface area (Å²) in [4.78, 5) is 2.38. The minimum absolute atomic E-state index is 0.0622. The second kappa shape index (κ2) is 5.43. The monoisotopic (exact) mass is 252 g/mol. The molecular formula is C14H24N2O2. The highest BCUT2D eigenvalue weighted by atomic mass is 16.5. The zero-order valence-corrected chi connectivity index (χ0v) is 11.6. The van der Waals surface area contributed by atoms with Crippen molar-refractivity contribution in [3.05, 3.63) is 23.7 Å². The molecule has 4 nitrogen and oxygen atoms in total. The Morgan fingerprint density at radius 1 is 1.56 bits per heavy atom. The Balaban J connectivity index is 2.13. The van der Waals surface area contributed by atoms with Crippen LogP contribution in [0.2, 0.25) is 0 Å². The van der Waals surface area contributed by atoms with Crippen molar-refractivity contribution >= 4 is 0 Å². The number of ether oxygens (including phenoxy) is 1. The van der Waals surface area contributed by atoms with Gasteiger partial charge in [-0.15, -0.1) is 0 Å². The third kappa shape index (κ3) is 2.76. The van der Waals surface area contributed by atoms with Gasteiger partial charge < -0.3 is 14.9 Å². The fourth-order valence-corrected chi connectivity index (χ4v) is 2.75. The van der Waals surface area contributed by atoms with Crippen LogP contribution in [0.25, 0.3) is 0 Å². The molecule has 1 aliphatic heterocycles. The van der Waals surface area contributed by atoms with Crippen molar-refractivity contribution in [3.63, 3.8) is 0 Å². The molecule has 2 rings (SSSR count). The number of rotatable bonds is 4. The van der Waals surface area contributed by atoms with E-state index < -0.39 is 0 Å². The topological polar surface area (TPSA) is 51.6 Å². The molecule has 1 aliphatic rings. The lowest BCUT2D eigenvalue weighted by Gasteiger charge is -2.42. The number of methoxy groups -OCH3 is 1. The summed E-state index contributed by atoms with van der Waals surface area (Å²) in [5.41, 5.74) is 5.87. The van der Waals surface area contributed by atoms with Crippen LogP contribution in [-0.2, 0) is 4.74 Å². The lowest BCUT2D eigenvalue weighted by Crippen LogP contribution is -2.49. The number of furan rings is 1. The SMILES string of the molecule is COC1(C)CCCN(C(CN)c2ccc(C)o2)C1. The fourth-order valence-electron chi connectivity index (χ4n) is 2.75. The van der Waals surface area contributed by atoms with Crippen molar-refractivity contribution in [1.29, 1.82) is 0 Å². The van der Waals surface area contributed by atoms with Crippen LogP contribution in [0.4, 0.5) is 0 Å². The van der Waals surface area contributed by atoms with Gasteiger partial charge in [-0.2, -0.15) is 0 Å².